The number of benzene rings is 1. The molecule has 0 saturated carbocycles. The van der Waals surface area contributed by atoms with E-state index in [0.29, 0.717) is 17.3 Å². The van der Waals surface area contributed by atoms with E-state index in [-0.39, 0.29) is 23.0 Å². The Hall–Kier alpha value is -3.10. The predicted octanol–water partition coefficient (Wildman–Crippen LogP) is 4.07. The highest BCUT2D eigenvalue weighted by molar-refractivity contribution is 7.99. The summed E-state index contributed by atoms with van der Waals surface area (Å²) in [4.78, 5) is 30.3. The van der Waals surface area contributed by atoms with Crippen LogP contribution in [0.4, 0.5) is 15.8 Å². The number of nitrogens with zero attached hydrogens (tertiary/aromatic N) is 4. The molecule has 0 fully saturated rings. The SMILES string of the molecule is CCOC(=O)CSc1ccc(NC(=O)c2ccc(F)cc2N=[N+]=[N-])cn1. The van der Waals surface area contributed by atoms with Gasteiger partial charge in [-0.3, -0.25) is 9.59 Å². The van der Waals surface area contributed by atoms with E-state index in [2.05, 4.69) is 20.3 Å². The lowest BCUT2D eigenvalue weighted by atomic mass is 10.1. The van der Waals surface area contributed by atoms with E-state index < -0.39 is 11.7 Å². The molecule has 1 aromatic carbocycles. The van der Waals surface area contributed by atoms with Crippen LogP contribution in [0, 0.1) is 5.82 Å². The number of pyridine rings is 1. The predicted molar refractivity (Wildman–Crippen MR) is 94.8 cm³/mol. The van der Waals surface area contributed by atoms with Crippen molar-refractivity contribution in [3.8, 4) is 0 Å². The molecular formula is C16H14FN5O3S. The van der Waals surface area contributed by atoms with Crippen LogP contribution in [0.25, 0.3) is 10.4 Å². The van der Waals surface area contributed by atoms with Crippen LogP contribution in [0.2, 0.25) is 0 Å². The number of amides is 1. The molecule has 0 aliphatic carbocycles. The second-order valence-electron chi connectivity index (χ2n) is 4.78. The average Bonchev–Trinajstić information content (AvgIpc) is 2.62. The number of hydrogen-bond acceptors (Lipinski definition) is 6. The Bertz CT molecular complexity index is 853. The first-order chi connectivity index (χ1) is 12.5. The molecule has 0 saturated heterocycles. The molecule has 0 radical (unpaired) electrons. The number of anilines is 1. The molecule has 0 aliphatic heterocycles. The molecule has 0 atom stereocenters. The maximum absolute atomic E-state index is 13.2. The maximum atomic E-state index is 13.2. The van der Waals surface area contributed by atoms with Gasteiger partial charge < -0.3 is 10.1 Å². The van der Waals surface area contributed by atoms with Crippen molar-refractivity contribution in [2.45, 2.75) is 11.9 Å². The third kappa shape index (κ3) is 5.47. The fourth-order valence-electron chi connectivity index (χ4n) is 1.90. The Labute approximate surface area is 152 Å². The highest BCUT2D eigenvalue weighted by Crippen LogP contribution is 2.23. The van der Waals surface area contributed by atoms with Gasteiger partial charge >= 0.3 is 5.97 Å². The summed E-state index contributed by atoms with van der Waals surface area (Å²) >= 11 is 1.21. The zero-order valence-corrected chi connectivity index (χ0v) is 14.5. The van der Waals surface area contributed by atoms with E-state index in [1.165, 1.54) is 24.0 Å². The largest absolute Gasteiger partial charge is 0.465 e. The number of aromatic nitrogens is 1. The van der Waals surface area contributed by atoms with Crippen LogP contribution < -0.4 is 5.32 Å². The van der Waals surface area contributed by atoms with Crippen molar-refractivity contribution in [3.05, 3.63) is 58.4 Å². The Balaban J connectivity index is 2.04. The average molecular weight is 375 g/mol. The van der Waals surface area contributed by atoms with Crippen LogP contribution in [-0.2, 0) is 9.53 Å². The summed E-state index contributed by atoms with van der Waals surface area (Å²) in [6, 6.07) is 6.54. The quantitative estimate of drug-likeness (QED) is 0.257. The van der Waals surface area contributed by atoms with Gasteiger partial charge in [-0.15, -0.1) is 0 Å². The number of carbonyl (C=O) groups excluding carboxylic acids is 2. The highest BCUT2D eigenvalue weighted by Gasteiger charge is 2.12. The molecule has 134 valence electrons. The van der Waals surface area contributed by atoms with E-state index in [4.69, 9.17) is 10.3 Å². The molecule has 1 N–H and O–H groups in total. The van der Waals surface area contributed by atoms with Gasteiger partial charge in [-0.1, -0.05) is 16.9 Å². The summed E-state index contributed by atoms with van der Waals surface area (Å²) in [6.07, 6.45) is 1.42. The third-order valence-corrected chi connectivity index (χ3v) is 3.91. The summed E-state index contributed by atoms with van der Waals surface area (Å²) in [7, 11) is 0. The minimum absolute atomic E-state index is 0.0324. The van der Waals surface area contributed by atoms with E-state index >= 15 is 0 Å². The van der Waals surface area contributed by atoms with E-state index in [1.54, 1.807) is 19.1 Å². The Morgan fingerprint density at radius 3 is 2.85 bits per heavy atom. The van der Waals surface area contributed by atoms with E-state index in [1.807, 2.05) is 0 Å². The number of azide groups is 1. The van der Waals surface area contributed by atoms with Crippen molar-refractivity contribution >= 4 is 35.0 Å². The molecule has 0 aliphatic rings. The first-order valence-corrected chi connectivity index (χ1v) is 8.42. The van der Waals surface area contributed by atoms with Crippen molar-refractivity contribution in [1.82, 2.24) is 4.98 Å². The van der Waals surface area contributed by atoms with E-state index in [9.17, 15) is 14.0 Å². The minimum Gasteiger partial charge on any atom is -0.465 e. The van der Waals surface area contributed by atoms with Gasteiger partial charge in [0, 0.05) is 10.5 Å². The summed E-state index contributed by atoms with van der Waals surface area (Å²) in [5.41, 5.74) is 8.84. The molecule has 2 aromatic rings. The molecule has 8 nitrogen and oxygen atoms in total. The lowest BCUT2D eigenvalue weighted by Gasteiger charge is -2.08. The molecule has 0 spiro atoms. The topological polar surface area (TPSA) is 117 Å². The van der Waals surface area contributed by atoms with Gasteiger partial charge in [-0.25, -0.2) is 9.37 Å². The summed E-state index contributed by atoms with van der Waals surface area (Å²) in [5, 5.41) is 6.49. The molecule has 1 aromatic heterocycles. The molecule has 0 unspecified atom stereocenters. The monoisotopic (exact) mass is 375 g/mol. The molecule has 0 bridgehead atoms. The molecule has 10 heteroatoms. The van der Waals surface area contributed by atoms with Gasteiger partial charge in [0.15, 0.2) is 0 Å². The van der Waals surface area contributed by atoms with Gasteiger partial charge in [0.25, 0.3) is 5.91 Å². The van der Waals surface area contributed by atoms with Crippen LogP contribution in [-0.4, -0.2) is 29.2 Å². The molecular weight excluding hydrogens is 361 g/mol. The van der Waals surface area contributed by atoms with Gasteiger partial charge in [0.1, 0.15) is 5.82 Å². The smallest absolute Gasteiger partial charge is 0.316 e. The van der Waals surface area contributed by atoms with Crippen LogP contribution in [0.15, 0.2) is 46.7 Å². The van der Waals surface area contributed by atoms with Gasteiger partial charge in [-0.05, 0) is 42.8 Å². The van der Waals surface area contributed by atoms with Gasteiger partial charge in [-0.2, -0.15) is 0 Å². The first-order valence-electron chi connectivity index (χ1n) is 7.44. The van der Waals surface area contributed by atoms with E-state index in [0.717, 1.165) is 12.1 Å². The van der Waals surface area contributed by atoms with Crippen LogP contribution in [0.1, 0.15) is 17.3 Å². The van der Waals surface area contributed by atoms with Crippen molar-refractivity contribution in [2.75, 3.05) is 17.7 Å². The highest BCUT2D eigenvalue weighted by atomic mass is 32.2. The van der Waals surface area contributed by atoms with Crippen molar-refractivity contribution < 1.29 is 18.7 Å². The number of ether oxygens (including phenoxy) is 1. The minimum atomic E-state index is -0.617. The van der Waals surface area contributed by atoms with Gasteiger partial charge in [0.05, 0.1) is 35.0 Å². The molecule has 26 heavy (non-hydrogen) atoms. The summed E-state index contributed by atoms with van der Waals surface area (Å²) in [5.74, 6) is -1.38. The number of nitrogens with one attached hydrogen (secondary N) is 1. The zero-order valence-electron chi connectivity index (χ0n) is 13.7. The summed E-state index contributed by atoms with van der Waals surface area (Å²) in [6.45, 7) is 2.05. The number of hydrogen-bond donors (Lipinski definition) is 1. The Morgan fingerprint density at radius 1 is 1.38 bits per heavy atom. The fourth-order valence-corrected chi connectivity index (χ4v) is 2.54. The first kappa shape index (κ1) is 19.2. The number of thioether (sulfide) groups is 1. The number of esters is 1. The van der Waals surface area contributed by atoms with Crippen LogP contribution in [0.3, 0.4) is 0 Å². The lowest BCUT2D eigenvalue weighted by molar-refractivity contribution is -0.139. The normalized spacial score (nSPS) is 9.92. The standard InChI is InChI=1S/C16H14FN5O3S/c1-2-25-15(23)9-26-14-6-4-11(8-19-14)20-16(24)12-5-3-10(17)7-13(12)21-22-18/h3-8H,2,9H2,1H3,(H,20,24). The summed E-state index contributed by atoms with van der Waals surface area (Å²) < 4.78 is 18.0. The van der Waals surface area contributed by atoms with Crippen LogP contribution in [0.5, 0.6) is 0 Å². The molecule has 1 heterocycles. The second-order valence-corrected chi connectivity index (χ2v) is 5.78. The fraction of sp³-hybridized carbons (Fsp3) is 0.188. The van der Waals surface area contributed by atoms with Gasteiger partial charge in [0.2, 0.25) is 0 Å². The third-order valence-electron chi connectivity index (χ3n) is 2.99. The lowest BCUT2D eigenvalue weighted by Crippen LogP contribution is -2.12. The van der Waals surface area contributed by atoms with Crippen molar-refractivity contribution in [2.24, 2.45) is 5.11 Å². The maximum Gasteiger partial charge on any atom is 0.316 e. The Kier molecular flexibility index (Phi) is 6.95. The molecule has 2 rings (SSSR count). The number of carbonyl (C=O) groups is 2. The zero-order chi connectivity index (χ0) is 18.9. The van der Waals surface area contributed by atoms with Crippen molar-refractivity contribution in [3.63, 3.8) is 0 Å². The molecule has 1 amide bonds. The Morgan fingerprint density at radius 2 is 2.19 bits per heavy atom. The number of halogens is 1. The van der Waals surface area contributed by atoms with Crippen molar-refractivity contribution in [1.29, 1.82) is 0 Å². The number of rotatable bonds is 7. The van der Waals surface area contributed by atoms with Crippen LogP contribution >= 0.6 is 11.8 Å². The second kappa shape index (κ2) is 9.40.